The highest BCUT2D eigenvalue weighted by Crippen LogP contribution is 2.45. The Kier molecular flexibility index (Phi) is 8.99. The van der Waals surface area contributed by atoms with Crippen molar-refractivity contribution in [3.63, 3.8) is 0 Å². The molecule has 0 saturated carbocycles. The second-order valence-electron chi connectivity index (χ2n) is 19.1. The molecule has 0 atom stereocenters. The first-order valence-electron chi connectivity index (χ1n) is 24.8. The standard InChI is InChI=1S/C70H42N2/c1-2-16-43(17-3-1)62-41-68(71-67-29-15-14-27-59(62)67)45-32-30-44(31-33-45)61-40-66-63(46-34-36-57-52-22-6-4-18-48(52)50-20-8-10-24-54(50)64(57)38-46)42-69(72-70(66)60-28-13-12-26-56(60)61)47-35-37-58-53-23-7-5-19-49(53)51-21-9-11-25-55(51)65(58)39-47/h1-42H. The van der Waals surface area contributed by atoms with Crippen LogP contribution >= 0.6 is 0 Å². The highest BCUT2D eigenvalue weighted by Gasteiger charge is 2.19. The van der Waals surface area contributed by atoms with Crippen molar-refractivity contribution in [1.29, 1.82) is 0 Å². The fourth-order valence-corrected chi connectivity index (χ4v) is 11.8. The molecule has 332 valence electrons. The largest absolute Gasteiger partial charge is 0.248 e. The number of para-hydroxylation sites is 1. The smallest absolute Gasteiger partial charge is 0.0794 e. The number of hydrogen-bond acceptors (Lipinski definition) is 2. The SMILES string of the molecule is c1ccc(-c2cc(-c3ccc(-c4cc5c(-c6ccc7c8ccccc8c8ccccc8c7c6)cc(-c6ccc7c8ccccc8c8ccccc8c7c6)nc5c5ccccc45)cc3)nc3ccccc23)cc1. The van der Waals surface area contributed by atoms with Gasteiger partial charge in [-0.1, -0.05) is 218 Å². The molecule has 0 amide bonds. The summed E-state index contributed by atoms with van der Waals surface area (Å²) in [5, 5.41) is 19.6. The van der Waals surface area contributed by atoms with E-state index in [0.717, 1.165) is 77.3 Å². The molecule has 0 saturated heterocycles. The minimum absolute atomic E-state index is 0.945. The molecule has 15 rings (SSSR count). The van der Waals surface area contributed by atoms with Crippen molar-refractivity contribution < 1.29 is 0 Å². The van der Waals surface area contributed by atoms with Gasteiger partial charge in [0.05, 0.1) is 22.4 Å². The third-order valence-corrected chi connectivity index (χ3v) is 15.2. The molecule has 2 nitrogen and oxygen atoms in total. The predicted molar refractivity (Wildman–Crippen MR) is 307 cm³/mol. The molecule has 0 fully saturated rings. The van der Waals surface area contributed by atoms with Crippen LogP contribution in [0.3, 0.4) is 0 Å². The maximum atomic E-state index is 5.70. The van der Waals surface area contributed by atoms with E-state index in [1.165, 1.54) is 75.8 Å². The Hall–Kier alpha value is -9.50. The molecule has 0 aliphatic carbocycles. The number of pyridine rings is 2. The van der Waals surface area contributed by atoms with Gasteiger partial charge in [-0.3, -0.25) is 0 Å². The van der Waals surface area contributed by atoms with Gasteiger partial charge in [-0.2, -0.15) is 0 Å². The molecule has 0 radical (unpaired) electrons. The summed E-state index contributed by atoms with van der Waals surface area (Å²) < 4.78 is 0. The molecule has 15 aromatic rings. The van der Waals surface area contributed by atoms with Gasteiger partial charge < -0.3 is 0 Å². The van der Waals surface area contributed by atoms with Crippen molar-refractivity contribution in [3.05, 3.63) is 255 Å². The van der Waals surface area contributed by atoms with Gasteiger partial charge in [-0.15, -0.1) is 0 Å². The molecule has 0 unspecified atom stereocenters. The number of aromatic nitrogens is 2. The molecule has 0 bridgehead atoms. The minimum atomic E-state index is 0.945. The number of rotatable bonds is 5. The van der Waals surface area contributed by atoms with Crippen molar-refractivity contribution in [2.24, 2.45) is 0 Å². The van der Waals surface area contributed by atoms with Crippen LogP contribution in [-0.4, -0.2) is 9.97 Å². The van der Waals surface area contributed by atoms with Crippen molar-refractivity contribution >= 4 is 97.2 Å². The molecule has 2 heteroatoms. The fraction of sp³-hybridized carbons (Fsp3) is 0. The summed E-state index contributed by atoms with van der Waals surface area (Å²) in [6, 6.07) is 93.2. The summed E-state index contributed by atoms with van der Waals surface area (Å²) in [7, 11) is 0. The van der Waals surface area contributed by atoms with Crippen LogP contribution in [-0.2, 0) is 0 Å². The Morgan fingerprint density at radius 1 is 0.181 bits per heavy atom. The Morgan fingerprint density at radius 2 is 0.542 bits per heavy atom. The van der Waals surface area contributed by atoms with Gasteiger partial charge >= 0.3 is 0 Å². The number of hydrogen-bond donors (Lipinski definition) is 0. The highest BCUT2D eigenvalue weighted by atomic mass is 14.7. The van der Waals surface area contributed by atoms with Gasteiger partial charge in [0.25, 0.3) is 0 Å². The monoisotopic (exact) mass is 910 g/mol. The van der Waals surface area contributed by atoms with Crippen molar-refractivity contribution in [2.45, 2.75) is 0 Å². The number of benzene rings is 13. The first kappa shape index (κ1) is 40.4. The zero-order chi connectivity index (χ0) is 47.3. The van der Waals surface area contributed by atoms with Crippen LogP contribution in [0.1, 0.15) is 0 Å². The number of nitrogens with zero attached hydrogens (tertiary/aromatic N) is 2. The van der Waals surface area contributed by atoms with Gasteiger partial charge in [-0.05, 0) is 140 Å². The van der Waals surface area contributed by atoms with Crippen LogP contribution in [0.2, 0.25) is 0 Å². The molecule has 2 heterocycles. The molecular weight excluding hydrogens is 869 g/mol. The molecule has 72 heavy (non-hydrogen) atoms. The minimum Gasteiger partial charge on any atom is -0.248 e. The molecule has 13 aromatic carbocycles. The molecule has 0 N–H and O–H groups in total. The molecular formula is C70H42N2. The predicted octanol–water partition coefficient (Wildman–Crippen LogP) is 19.2. The first-order chi connectivity index (χ1) is 35.7. The molecule has 2 aromatic heterocycles. The van der Waals surface area contributed by atoms with Crippen LogP contribution < -0.4 is 0 Å². The highest BCUT2D eigenvalue weighted by molar-refractivity contribution is 6.27. The lowest BCUT2D eigenvalue weighted by Crippen LogP contribution is -1.94. The van der Waals surface area contributed by atoms with Crippen LogP contribution in [0, 0.1) is 0 Å². The lowest BCUT2D eigenvalue weighted by atomic mass is 9.88. The second kappa shape index (κ2) is 16.0. The van der Waals surface area contributed by atoms with E-state index in [9.17, 15) is 0 Å². The van der Waals surface area contributed by atoms with E-state index in [1.54, 1.807) is 0 Å². The maximum Gasteiger partial charge on any atom is 0.0794 e. The van der Waals surface area contributed by atoms with E-state index in [0.29, 0.717) is 0 Å². The fourth-order valence-electron chi connectivity index (χ4n) is 11.8. The number of fused-ring (bicyclic) bond motifs is 16. The third kappa shape index (κ3) is 6.29. The summed E-state index contributed by atoms with van der Waals surface area (Å²) in [6.07, 6.45) is 0. The summed E-state index contributed by atoms with van der Waals surface area (Å²) in [5.74, 6) is 0. The zero-order valence-electron chi connectivity index (χ0n) is 39.1. The Labute approximate surface area is 415 Å². The lowest BCUT2D eigenvalue weighted by Gasteiger charge is -2.17. The van der Waals surface area contributed by atoms with E-state index in [1.807, 2.05) is 0 Å². The summed E-state index contributed by atoms with van der Waals surface area (Å²) in [6.45, 7) is 0. The Balaban J connectivity index is 0.965. The van der Waals surface area contributed by atoms with E-state index >= 15 is 0 Å². The van der Waals surface area contributed by atoms with Gasteiger partial charge in [0.1, 0.15) is 0 Å². The summed E-state index contributed by atoms with van der Waals surface area (Å²) in [4.78, 5) is 10.9. The summed E-state index contributed by atoms with van der Waals surface area (Å²) in [5.41, 5.74) is 13.0. The van der Waals surface area contributed by atoms with Gasteiger partial charge in [-0.25, -0.2) is 9.97 Å². The quantitative estimate of drug-likeness (QED) is 0.161. The topological polar surface area (TPSA) is 25.8 Å². The molecule has 0 spiro atoms. The van der Waals surface area contributed by atoms with Crippen molar-refractivity contribution in [3.8, 4) is 55.9 Å². The maximum absolute atomic E-state index is 5.70. The van der Waals surface area contributed by atoms with Crippen LogP contribution in [0.25, 0.3) is 153 Å². The lowest BCUT2D eigenvalue weighted by molar-refractivity contribution is 1.40. The second-order valence-corrected chi connectivity index (χ2v) is 19.1. The van der Waals surface area contributed by atoms with Crippen LogP contribution in [0.15, 0.2) is 255 Å². The van der Waals surface area contributed by atoms with E-state index in [4.69, 9.17) is 9.97 Å². The Bertz CT molecular complexity index is 4650. The first-order valence-corrected chi connectivity index (χ1v) is 24.8. The average Bonchev–Trinajstić information content (AvgIpc) is 3.46. The summed E-state index contributed by atoms with van der Waals surface area (Å²) >= 11 is 0. The van der Waals surface area contributed by atoms with E-state index in [-0.39, 0.29) is 0 Å². The van der Waals surface area contributed by atoms with Crippen LogP contribution in [0.5, 0.6) is 0 Å². The molecule has 0 aliphatic rings. The van der Waals surface area contributed by atoms with Gasteiger partial charge in [0, 0.05) is 27.3 Å². The Morgan fingerprint density at radius 3 is 1.11 bits per heavy atom. The third-order valence-electron chi connectivity index (χ3n) is 15.2. The van der Waals surface area contributed by atoms with Crippen molar-refractivity contribution in [1.82, 2.24) is 9.97 Å². The average molecular weight is 911 g/mol. The van der Waals surface area contributed by atoms with Gasteiger partial charge in [0.15, 0.2) is 0 Å². The molecule has 0 aliphatic heterocycles. The zero-order valence-corrected chi connectivity index (χ0v) is 39.1. The van der Waals surface area contributed by atoms with E-state index in [2.05, 4.69) is 255 Å². The van der Waals surface area contributed by atoms with Crippen molar-refractivity contribution in [2.75, 3.05) is 0 Å². The van der Waals surface area contributed by atoms with E-state index < -0.39 is 0 Å². The van der Waals surface area contributed by atoms with Gasteiger partial charge in [0.2, 0.25) is 0 Å². The normalized spacial score (nSPS) is 11.9. The van der Waals surface area contributed by atoms with Crippen LogP contribution in [0.4, 0.5) is 0 Å².